The number of amides is 1. The Kier molecular flexibility index (Phi) is 6.47. The van der Waals surface area contributed by atoms with E-state index in [2.05, 4.69) is 4.98 Å². The monoisotopic (exact) mass is 469 g/mol. The van der Waals surface area contributed by atoms with E-state index in [9.17, 15) is 13.2 Å². The number of nitrogens with two attached hydrogens (primary N) is 1. The molecule has 0 unspecified atom stereocenters. The van der Waals surface area contributed by atoms with Crippen LogP contribution in [0.15, 0.2) is 71.8 Å². The first-order valence-corrected chi connectivity index (χ1v) is 11.7. The lowest BCUT2D eigenvalue weighted by Gasteiger charge is -2.34. The van der Waals surface area contributed by atoms with E-state index >= 15 is 0 Å². The van der Waals surface area contributed by atoms with Gasteiger partial charge in [-0.3, -0.25) is 0 Å². The molecule has 2 aromatic carbocycles. The predicted octanol–water partition coefficient (Wildman–Crippen LogP) is 3.61. The Morgan fingerprint density at radius 3 is 2.48 bits per heavy atom. The lowest BCUT2D eigenvalue weighted by molar-refractivity contribution is 0.0295. The minimum atomic E-state index is -4.04. The molecular weight excluding hydrogens is 446 g/mol. The van der Waals surface area contributed by atoms with E-state index in [-0.39, 0.29) is 17.3 Å². The number of fused-ring (bicyclic) bond motifs is 1. The molecule has 0 saturated heterocycles. The van der Waals surface area contributed by atoms with Crippen molar-refractivity contribution in [3.63, 3.8) is 0 Å². The van der Waals surface area contributed by atoms with Crippen molar-refractivity contribution in [1.82, 2.24) is 9.29 Å². The van der Waals surface area contributed by atoms with Crippen LogP contribution in [0.25, 0.3) is 0 Å². The maximum atomic E-state index is 13.4. The summed E-state index contributed by atoms with van der Waals surface area (Å²) in [6, 6.07) is 17.0. The van der Waals surface area contributed by atoms with Gasteiger partial charge in [-0.05, 0) is 49.2 Å². The fourth-order valence-corrected chi connectivity index (χ4v) is 5.03. The number of pyridine rings is 1. The molecule has 0 fully saturated rings. The number of benzene rings is 2. The topological polar surface area (TPSA) is 121 Å². The highest BCUT2D eigenvalue weighted by molar-refractivity contribution is 7.89. The van der Waals surface area contributed by atoms with Gasteiger partial charge >= 0.3 is 6.09 Å². The third-order valence-corrected chi connectivity index (χ3v) is 6.91. The Labute approximate surface area is 191 Å². The summed E-state index contributed by atoms with van der Waals surface area (Å²) in [5.74, 6) is 1.48. The van der Waals surface area contributed by atoms with Crippen molar-refractivity contribution in [2.75, 3.05) is 13.2 Å². The maximum absolute atomic E-state index is 13.4. The summed E-state index contributed by atoms with van der Waals surface area (Å²) in [4.78, 5) is 15.6. The van der Waals surface area contributed by atoms with Crippen LogP contribution >= 0.6 is 0 Å². The highest BCUT2D eigenvalue weighted by Gasteiger charge is 2.38. The van der Waals surface area contributed by atoms with Crippen molar-refractivity contribution in [2.45, 2.75) is 24.5 Å². The molecule has 10 heteroatoms. The van der Waals surface area contributed by atoms with Gasteiger partial charge in [0.2, 0.25) is 15.9 Å². The second-order valence-corrected chi connectivity index (χ2v) is 9.08. The highest BCUT2D eigenvalue weighted by atomic mass is 32.2. The van der Waals surface area contributed by atoms with Gasteiger partial charge in [0, 0.05) is 18.2 Å². The normalized spacial score (nSPS) is 16.0. The largest absolute Gasteiger partial charge is 0.494 e. The number of aromatic nitrogens is 1. The van der Waals surface area contributed by atoms with E-state index in [0.717, 1.165) is 15.6 Å². The van der Waals surface area contributed by atoms with Crippen molar-refractivity contribution in [3.05, 3.63) is 78.0 Å². The molecule has 33 heavy (non-hydrogen) atoms. The van der Waals surface area contributed by atoms with Gasteiger partial charge in [-0.25, -0.2) is 18.2 Å². The van der Waals surface area contributed by atoms with Crippen molar-refractivity contribution in [2.24, 2.45) is 5.73 Å². The lowest BCUT2D eigenvalue weighted by Crippen LogP contribution is -2.42. The Bertz CT molecular complexity index is 1230. The molecule has 9 nitrogen and oxygen atoms in total. The highest BCUT2D eigenvalue weighted by Crippen LogP contribution is 2.35. The van der Waals surface area contributed by atoms with E-state index < -0.39 is 22.3 Å². The smallest absolute Gasteiger partial charge is 0.406 e. The van der Waals surface area contributed by atoms with Crippen LogP contribution in [0.1, 0.15) is 24.3 Å². The van der Waals surface area contributed by atoms with Gasteiger partial charge in [-0.1, -0.05) is 24.3 Å². The van der Waals surface area contributed by atoms with Gasteiger partial charge in [-0.2, -0.15) is 4.31 Å². The molecule has 2 heterocycles. The molecular formula is C23H23N3O6S. The summed E-state index contributed by atoms with van der Waals surface area (Å²) in [7, 11) is -4.04. The predicted molar refractivity (Wildman–Crippen MR) is 119 cm³/mol. The molecule has 0 radical (unpaired) electrons. The van der Waals surface area contributed by atoms with E-state index in [4.69, 9.17) is 19.9 Å². The van der Waals surface area contributed by atoms with Crippen LogP contribution < -0.4 is 15.2 Å². The van der Waals surface area contributed by atoms with Crippen molar-refractivity contribution in [1.29, 1.82) is 0 Å². The lowest BCUT2D eigenvalue weighted by atomic mass is 10.00. The van der Waals surface area contributed by atoms with E-state index in [1.54, 1.807) is 36.4 Å². The van der Waals surface area contributed by atoms with Crippen LogP contribution in [-0.2, 0) is 21.2 Å². The standard InChI is InChI=1S/C23H23N3O6S/c1-2-30-17-7-9-18(10-8-17)31-21-12-11-19(15-25-21)33(28,29)26-14-13-16-5-3-4-6-20(16)22(26)32-23(24)27/h3-12,15,22H,2,13-14H2,1H3,(H2,24,27)/t22-/m1/s1. The number of nitrogens with zero attached hydrogens (tertiary/aromatic N) is 2. The number of carbonyl (C=O) groups is 1. The Morgan fingerprint density at radius 2 is 1.82 bits per heavy atom. The molecule has 0 saturated carbocycles. The number of primary amides is 1. The molecule has 0 bridgehead atoms. The average molecular weight is 470 g/mol. The Morgan fingerprint density at radius 1 is 1.09 bits per heavy atom. The number of rotatable bonds is 7. The SMILES string of the molecule is CCOc1ccc(Oc2ccc(S(=O)(=O)N3CCc4ccccc4[C@H]3OC(N)=O)cn2)cc1. The second-order valence-electron chi connectivity index (χ2n) is 7.19. The zero-order valence-corrected chi connectivity index (χ0v) is 18.7. The summed E-state index contributed by atoms with van der Waals surface area (Å²) < 4.78 is 44.1. The van der Waals surface area contributed by atoms with Gasteiger partial charge in [0.05, 0.1) is 12.8 Å². The first kappa shape index (κ1) is 22.6. The minimum Gasteiger partial charge on any atom is -0.494 e. The van der Waals surface area contributed by atoms with Gasteiger partial charge < -0.3 is 19.9 Å². The van der Waals surface area contributed by atoms with Gasteiger partial charge in [0.1, 0.15) is 16.4 Å². The summed E-state index contributed by atoms with van der Waals surface area (Å²) in [6.45, 7) is 2.59. The van der Waals surface area contributed by atoms with Crippen LogP contribution in [0.5, 0.6) is 17.4 Å². The molecule has 172 valence electrons. The van der Waals surface area contributed by atoms with Crippen LogP contribution in [-0.4, -0.2) is 37.0 Å². The van der Waals surface area contributed by atoms with E-state index in [1.165, 1.54) is 18.3 Å². The quantitative estimate of drug-likeness (QED) is 0.561. The van der Waals surface area contributed by atoms with Crippen molar-refractivity contribution in [3.8, 4) is 17.4 Å². The summed E-state index contributed by atoms with van der Waals surface area (Å²) in [6.07, 6.45) is -0.534. The first-order chi connectivity index (χ1) is 15.9. The number of ether oxygens (including phenoxy) is 3. The molecule has 1 aliphatic rings. The molecule has 4 rings (SSSR count). The maximum Gasteiger partial charge on any atom is 0.406 e. The minimum absolute atomic E-state index is 0.0565. The van der Waals surface area contributed by atoms with Gasteiger partial charge in [0.25, 0.3) is 0 Å². The molecule has 1 atom stereocenters. The van der Waals surface area contributed by atoms with Gasteiger partial charge in [-0.15, -0.1) is 0 Å². The number of sulfonamides is 1. The van der Waals surface area contributed by atoms with E-state index in [0.29, 0.717) is 24.3 Å². The Hall–Kier alpha value is -3.63. The van der Waals surface area contributed by atoms with Crippen molar-refractivity contribution >= 4 is 16.1 Å². The number of carbonyl (C=O) groups excluding carboxylic acids is 1. The third kappa shape index (κ3) is 4.91. The molecule has 1 amide bonds. The number of hydrogen-bond acceptors (Lipinski definition) is 7. The van der Waals surface area contributed by atoms with Crippen LogP contribution in [0.3, 0.4) is 0 Å². The second kappa shape index (κ2) is 9.47. The van der Waals surface area contributed by atoms with Gasteiger partial charge in [0.15, 0.2) is 6.23 Å². The van der Waals surface area contributed by atoms with Crippen molar-refractivity contribution < 1.29 is 27.4 Å². The molecule has 3 aromatic rings. The number of hydrogen-bond donors (Lipinski definition) is 1. The molecule has 0 aliphatic carbocycles. The zero-order valence-electron chi connectivity index (χ0n) is 17.9. The third-order valence-electron chi connectivity index (χ3n) is 5.08. The summed E-state index contributed by atoms with van der Waals surface area (Å²) in [5, 5.41) is 0. The average Bonchev–Trinajstić information content (AvgIpc) is 2.81. The molecule has 1 aromatic heterocycles. The van der Waals surface area contributed by atoms with Crippen LogP contribution in [0.2, 0.25) is 0 Å². The summed E-state index contributed by atoms with van der Waals surface area (Å²) >= 11 is 0. The Balaban J connectivity index is 1.56. The molecule has 0 spiro atoms. The molecule has 2 N–H and O–H groups in total. The van der Waals surface area contributed by atoms with E-state index in [1.807, 2.05) is 19.1 Å². The molecule has 1 aliphatic heterocycles. The summed E-state index contributed by atoms with van der Waals surface area (Å²) in [5.41, 5.74) is 6.70. The fraction of sp³-hybridized carbons (Fsp3) is 0.217. The fourth-order valence-electron chi connectivity index (χ4n) is 3.59. The first-order valence-electron chi connectivity index (χ1n) is 10.3. The van der Waals surface area contributed by atoms with Crippen LogP contribution in [0, 0.1) is 0 Å². The zero-order chi connectivity index (χ0) is 23.4. The van der Waals surface area contributed by atoms with Crippen LogP contribution in [0.4, 0.5) is 4.79 Å².